The SMILES string of the molecule is O=C(C=Cc1ccc(Br)s1)c1cccc(O)c1. The lowest BCUT2D eigenvalue weighted by molar-refractivity contribution is 0.104. The number of allylic oxidation sites excluding steroid dienone is 1. The van der Waals surface area contributed by atoms with Crippen LogP contribution in [0.15, 0.2) is 46.3 Å². The van der Waals surface area contributed by atoms with Gasteiger partial charge in [0.15, 0.2) is 5.78 Å². The molecule has 0 spiro atoms. The maximum absolute atomic E-state index is 11.8. The van der Waals surface area contributed by atoms with Crippen molar-refractivity contribution >= 4 is 39.1 Å². The van der Waals surface area contributed by atoms with Crippen LogP contribution in [0.5, 0.6) is 5.75 Å². The van der Waals surface area contributed by atoms with E-state index in [9.17, 15) is 9.90 Å². The second kappa shape index (κ2) is 5.29. The number of rotatable bonds is 3. The first-order valence-electron chi connectivity index (χ1n) is 4.92. The molecule has 1 heterocycles. The minimum Gasteiger partial charge on any atom is -0.508 e. The summed E-state index contributed by atoms with van der Waals surface area (Å²) in [5.74, 6) is -0.0199. The van der Waals surface area contributed by atoms with Crippen molar-refractivity contribution in [3.63, 3.8) is 0 Å². The van der Waals surface area contributed by atoms with Crippen LogP contribution in [0.25, 0.3) is 6.08 Å². The Kier molecular flexibility index (Phi) is 3.76. The molecule has 1 N–H and O–H groups in total. The zero-order chi connectivity index (χ0) is 12.3. The quantitative estimate of drug-likeness (QED) is 0.684. The van der Waals surface area contributed by atoms with Gasteiger partial charge >= 0.3 is 0 Å². The summed E-state index contributed by atoms with van der Waals surface area (Å²) in [6, 6.07) is 10.2. The zero-order valence-electron chi connectivity index (χ0n) is 8.76. The van der Waals surface area contributed by atoms with Gasteiger partial charge < -0.3 is 5.11 Å². The Bertz CT molecular complexity index is 572. The van der Waals surface area contributed by atoms with Crippen molar-refractivity contribution in [2.75, 3.05) is 0 Å². The molecular formula is C13H9BrO2S. The van der Waals surface area contributed by atoms with Gasteiger partial charge in [-0.2, -0.15) is 0 Å². The van der Waals surface area contributed by atoms with E-state index in [1.54, 1.807) is 29.5 Å². The highest BCUT2D eigenvalue weighted by Gasteiger charge is 2.02. The van der Waals surface area contributed by atoms with Crippen molar-refractivity contribution in [2.45, 2.75) is 0 Å². The first-order chi connectivity index (χ1) is 8.15. The van der Waals surface area contributed by atoms with Gasteiger partial charge in [-0.05, 0) is 52.3 Å². The van der Waals surface area contributed by atoms with Crippen LogP contribution in [0.3, 0.4) is 0 Å². The lowest BCUT2D eigenvalue weighted by Gasteiger charge is -1.96. The summed E-state index contributed by atoms with van der Waals surface area (Å²) in [4.78, 5) is 12.8. The van der Waals surface area contributed by atoms with Crippen LogP contribution >= 0.6 is 27.3 Å². The summed E-state index contributed by atoms with van der Waals surface area (Å²) < 4.78 is 1.03. The van der Waals surface area contributed by atoms with E-state index in [1.807, 2.05) is 12.1 Å². The molecule has 1 aromatic carbocycles. The van der Waals surface area contributed by atoms with Crippen LogP contribution in [0.2, 0.25) is 0 Å². The van der Waals surface area contributed by atoms with Crippen LogP contribution < -0.4 is 0 Å². The highest BCUT2D eigenvalue weighted by Crippen LogP contribution is 2.23. The molecule has 0 fully saturated rings. The van der Waals surface area contributed by atoms with Gasteiger partial charge in [0.2, 0.25) is 0 Å². The number of phenols is 1. The number of halogens is 1. The maximum atomic E-state index is 11.8. The molecule has 0 saturated heterocycles. The lowest BCUT2D eigenvalue weighted by atomic mass is 10.1. The van der Waals surface area contributed by atoms with Gasteiger partial charge in [0.25, 0.3) is 0 Å². The summed E-state index contributed by atoms with van der Waals surface area (Å²) in [7, 11) is 0. The van der Waals surface area contributed by atoms with E-state index in [0.29, 0.717) is 5.56 Å². The molecule has 0 bridgehead atoms. The van der Waals surface area contributed by atoms with E-state index >= 15 is 0 Å². The summed E-state index contributed by atoms with van der Waals surface area (Å²) >= 11 is 4.92. The number of carbonyl (C=O) groups excluding carboxylic acids is 1. The number of aromatic hydroxyl groups is 1. The Morgan fingerprint density at radius 1 is 1.29 bits per heavy atom. The number of hydrogen-bond donors (Lipinski definition) is 1. The fourth-order valence-electron chi connectivity index (χ4n) is 1.33. The molecule has 0 atom stereocenters. The van der Waals surface area contributed by atoms with E-state index < -0.39 is 0 Å². The fourth-order valence-corrected chi connectivity index (χ4v) is 2.66. The standard InChI is InChI=1S/C13H9BrO2S/c14-13-7-5-11(17-13)4-6-12(16)9-2-1-3-10(15)8-9/h1-8,15H. The van der Waals surface area contributed by atoms with Crippen LogP contribution in [0.1, 0.15) is 15.2 Å². The first-order valence-corrected chi connectivity index (χ1v) is 6.53. The Morgan fingerprint density at radius 3 is 2.76 bits per heavy atom. The molecule has 0 saturated carbocycles. The zero-order valence-corrected chi connectivity index (χ0v) is 11.2. The van der Waals surface area contributed by atoms with E-state index in [1.165, 1.54) is 18.2 Å². The molecule has 1 aromatic heterocycles. The molecule has 17 heavy (non-hydrogen) atoms. The highest BCUT2D eigenvalue weighted by molar-refractivity contribution is 9.11. The van der Waals surface area contributed by atoms with E-state index in [0.717, 1.165) is 8.66 Å². The molecule has 0 aliphatic carbocycles. The average molecular weight is 309 g/mol. The number of hydrogen-bond acceptors (Lipinski definition) is 3. The van der Waals surface area contributed by atoms with E-state index in [2.05, 4.69) is 15.9 Å². The lowest BCUT2D eigenvalue weighted by Crippen LogP contribution is -1.92. The molecule has 2 rings (SSSR count). The molecule has 2 nitrogen and oxygen atoms in total. The molecule has 0 aliphatic heterocycles. The summed E-state index contributed by atoms with van der Waals surface area (Å²) in [5, 5.41) is 9.27. The number of ketones is 1. The largest absolute Gasteiger partial charge is 0.508 e. The minimum absolute atomic E-state index is 0.100. The van der Waals surface area contributed by atoms with Crippen molar-refractivity contribution in [3.8, 4) is 5.75 Å². The Balaban J connectivity index is 2.14. The predicted molar refractivity (Wildman–Crippen MR) is 73.5 cm³/mol. The molecular weight excluding hydrogens is 300 g/mol. The normalized spacial score (nSPS) is 10.9. The van der Waals surface area contributed by atoms with Crippen molar-refractivity contribution in [2.24, 2.45) is 0 Å². The van der Waals surface area contributed by atoms with Crippen molar-refractivity contribution in [1.29, 1.82) is 0 Å². The topological polar surface area (TPSA) is 37.3 Å². The second-order valence-electron chi connectivity index (χ2n) is 3.39. The molecule has 0 aliphatic rings. The minimum atomic E-state index is -0.120. The Labute approximate surface area is 111 Å². The van der Waals surface area contributed by atoms with Gasteiger partial charge in [0.05, 0.1) is 3.79 Å². The second-order valence-corrected chi connectivity index (χ2v) is 5.88. The number of carbonyl (C=O) groups is 1. The molecule has 0 unspecified atom stereocenters. The molecule has 0 amide bonds. The predicted octanol–water partition coefficient (Wildman–Crippen LogP) is 4.11. The first kappa shape index (κ1) is 12.1. The number of benzene rings is 1. The fraction of sp³-hybridized carbons (Fsp3) is 0. The van der Waals surface area contributed by atoms with Crippen molar-refractivity contribution < 1.29 is 9.90 Å². The molecule has 2 aromatic rings. The molecule has 0 radical (unpaired) electrons. The van der Waals surface area contributed by atoms with Crippen LogP contribution in [-0.4, -0.2) is 10.9 Å². The Morgan fingerprint density at radius 2 is 2.12 bits per heavy atom. The van der Waals surface area contributed by atoms with Crippen LogP contribution in [0, 0.1) is 0 Å². The Hall–Kier alpha value is -1.39. The third kappa shape index (κ3) is 3.28. The third-order valence-corrected chi connectivity index (χ3v) is 3.71. The average Bonchev–Trinajstić information content (AvgIpc) is 2.72. The highest BCUT2D eigenvalue weighted by atomic mass is 79.9. The molecule has 86 valence electrons. The van der Waals surface area contributed by atoms with Crippen LogP contribution in [0.4, 0.5) is 0 Å². The van der Waals surface area contributed by atoms with Gasteiger partial charge in [0, 0.05) is 10.4 Å². The van der Waals surface area contributed by atoms with Crippen molar-refractivity contribution in [1.82, 2.24) is 0 Å². The number of phenolic OH excluding ortho intramolecular Hbond substituents is 1. The van der Waals surface area contributed by atoms with Crippen LogP contribution in [-0.2, 0) is 0 Å². The van der Waals surface area contributed by atoms with Gasteiger partial charge in [-0.1, -0.05) is 12.1 Å². The van der Waals surface area contributed by atoms with E-state index in [4.69, 9.17) is 0 Å². The summed E-state index contributed by atoms with van der Waals surface area (Å²) in [5.41, 5.74) is 0.483. The van der Waals surface area contributed by atoms with Crippen molar-refractivity contribution in [3.05, 3.63) is 56.7 Å². The monoisotopic (exact) mass is 308 g/mol. The maximum Gasteiger partial charge on any atom is 0.186 e. The summed E-state index contributed by atoms with van der Waals surface area (Å²) in [6.07, 6.45) is 3.27. The van der Waals surface area contributed by atoms with Gasteiger partial charge in [-0.3, -0.25) is 4.79 Å². The van der Waals surface area contributed by atoms with Gasteiger partial charge in [-0.25, -0.2) is 0 Å². The van der Waals surface area contributed by atoms with E-state index in [-0.39, 0.29) is 11.5 Å². The third-order valence-electron chi connectivity index (χ3n) is 2.12. The summed E-state index contributed by atoms with van der Waals surface area (Å²) in [6.45, 7) is 0. The number of thiophene rings is 1. The van der Waals surface area contributed by atoms with Gasteiger partial charge in [0.1, 0.15) is 5.75 Å². The molecule has 4 heteroatoms. The van der Waals surface area contributed by atoms with Gasteiger partial charge in [-0.15, -0.1) is 11.3 Å². The smallest absolute Gasteiger partial charge is 0.186 e.